The van der Waals surface area contributed by atoms with Crippen LogP contribution in [0.4, 0.5) is 18.9 Å². The molecular weight excluding hydrogens is 333 g/mol. The number of benzene rings is 1. The van der Waals surface area contributed by atoms with Crippen molar-refractivity contribution >= 4 is 21.5 Å². The summed E-state index contributed by atoms with van der Waals surface area (Å²) in [5.74, 6) is -0.372. The quantitative estimate of drug-likeness (QED) is 0.449. The minimum atomic E-state index is -5.77. The zero-order valence-electron chi connectivity index (χ0n) is 12.7. The highest BCUT2D eigenvalue weighted by atomic mass is 32.2. The minimum absolute atomic E-state index is 0.00310. The van der Waals surface area contributed by atoms with Crippen LogP contribution in [0.3, 0.4) is 0 Å². The van der Waals surface area contributed by atoms with E-state index in [9.17, 15) is 21.6 Å². The number of nitrogens with zero attached hydrogens (tertiary/aromatic N) is 2. The highest BCUT2D eigenvalue weighted by Crippen LogP contribution is 2.41. The van der Waals surface area contributed by atoms with Gasteiger partial charge in [-0.05, 0) is 11.5 Å². The standard InChI is InChI=1S/C14H15F3N2O3S/c1-13(2,3)8-11(22-23(20,21)14(15,16)17)12-9-6-4-5-7-10(9)18-19-12/h4-7H,8H2,1-3H3/b12-11+. The number of allylic oxidation sites excluding steroid dienone is 1. The van der Waals surface area contributed by atoms with Crippen molar-refractivity contribution < 1.29 is 25.8 Å². The summed E-state index contributed by atoms with van der Waals surface area (Å²) in [6.45, 7) is 5.24. The van der Waals surface area contributed by atoms with Gasteiger partial charge in [0.1, 0.15) is 11.5 Å². The zero-order valence-corrected chi connectivity index (χ0v) is 13.5. The topological polar surface area (TPSA) is 68.1 Å². The van der Waals surface area contributed by atoms with Gasteiger partial charge < -0.3 is 4.18 Å². The zero-order chi connectivity index (χ0) is 17.5. The van der Waals surface area contributed by atoms with Crippen molar-refractivity contribution in [1.82, 2.24) is 0 Å². The van der Waals surface area contributed by atoms with Gasteiger partial charge in [-0.2, -0.15) is 21.6 Å². The molecule has 1 aliphatic rings. The van der Waals surface area contributed by atoms with Gasteiger partial charge in [-0.15, -0.1) is 10.2 Å². The summed E-state index contributed by atoms with van der Waals surface area (Å²) < 4.78 is 65.0. The monoisotopic (exact) mass is 348 g/mol. The summed E-state index contributed by atoms with van der Waals surface area (Å²) >= 11 is 0. The number of hydrogen-bond acceptors (Lipinski definition) is 5. The van der Waals surface area contributed by atoms with E-state index >= 15 is 0 Å². The number of azo groups is 1. The molecule has 1 heterocycles. The number of hydrogen-bond donors (Lipinski definition) is 0. The Morgan fingerprint density at radius 1 is 1.13 bits per heavy atom. The second-order valence-corrected chi connectivity index (χ2v) is 7.75. The van der Waals surface area contributed by atoms with Crippen molar-refractivity contribution in [2.45, 2.75) is 32.7 Å². The molecule has 5 nitrogen and oxygen atoms in total. The maximum Gasteiger partial charge on any atom is 0.534 e. The molecule has 0 atom stereocenters. The molecule has 0 amide bonds. The van der Waals surface area contributed by atoms with Crippen molar-refractivity contribution in [3.05, 3.63) is 35.6 Å². The largest absolute Gasteiger partial charge is 0.534 e. The Bertz CT molecular complexity index is 775. The van der Waals surface area contributed by atoms with Crippen LogP contribution >= 0.6 is 0 Å². The van der Waals surface area contributed by atoms with Crippen LogP contribution in [0.1, 0.15) is 32.8 Å². The molecule has 9 heteroatoms. The van der Waals surface area contributed by atoms with Crippen LogP contribution in [0.2, 0.25) is 0 Å². The maximum absolute atomic E-state index is 12.6. The van der Waals surface area contributed by atoms with Crippen molar-refractivity contribution in [3.63, 3.8) is 0 Å². The predicted octanol–water partition coefficient (Wildman–Crippen LogP) is 4.75. The van der Waals surface area contributed by atoms with Gasteiger partial charge in [0.05, 0.1) is 5.69 Å². The summed E-state index contributed by atoms with van der Waals surface area (Å²) in [5.41, 5.74) is -5.14. The lowest BCUT2D eigenvalue weighted by molar-refractivity contribution is -0.0525. The van der Waals surface area contributed by atoms with E-state index in [2.05, 4.69) is 14.4 Å². The first-order valence-electron chi connectivity index (χ1n) is 6.66. The Balaban J connectivity index is 2.54. The SMILES string of the molecule is CC(C)(C)C/C(OS(=O)(=O)C(F)(F)F)=C1\N=Nc2ccccc21. The van der Waals surface area contributed by atoms with Crippen molar-refractivity contribution in [2.75, 3.05) is 0 Å². The number of fused-ring (bicyclic) bond motifs is 1. The van der Waals surface area contributed by atoms with Crippen LogP contribution in [0.15, 0.2) is 40.3 Å². The molecule has 0 saturated carbocycles. The Morgan fingerprint density at radius 3 is 2.30 bits per heavy atom. The van der Waals surface area contributed by atoms with E-state index in [1.807, 2.05) is 0 Å². The van der Waals surface area contributed by atoms with Crippen LogP contribution < -0.4 is 0 Å². The highest BCUT2D eigenvalue weighted by Gasteiger charge is 2.49. The predicted molar refractivity (Wildman–Crippen MR) is 78.0 cm³/mol. The Hall–Kier alpha value is -1.90. The molecule has 23 heavy (non-hydrogen) atoms. The van der Waals surface area contributed by atoms with E-state index < -0.39 is 21.0 Å². The number of halogens is 3. The van der Waals surface area contributed by atoms with E-state index in [4.69, 9.17) is 0 Å². The fraction of sp³-hybridized carbons (Fsp3) is 0.429. The fourth-order valence-corrected chi connectivity index (χ4v) is 2.44. The summed E-state index contributed by atoms with van der Waals surface area (Å²) in [5, 5.41) is 7.64. The summed E-state index contributed by atoms with van der Waals surface area (Å²) in [7, 11) is -5.77. The maximum atomic E-state index is 12.6. The van der Waals surface area contributed by atoms with Crippen molar-refractivity contribution in [2.24, 2.45) is 15.6 Å². The summed E-state index contributed by atoms with van der Waals surface area (Å²) in [4.78, 5) is 0. The molecule has 2 rings (SSSR count). The van der Waals surface area contributed by atoms with E-state index in [-0.39, 0.29) is 17.9 Å². The Kier molecular flexibility index (Phi) is 4.27. The van der Waals surface area contributed by atoms with Gasteiger partial charge in [-0.25, -0.2) is 0 Å². The Morgan fingerprint density at radius 2 is 1.74 bits per heavy atom. The molecule has 0 N–H and O–H groups in total. The van der Waals surface area contributed by atoms with Gasteiger partial charge in [0.15, 0.2) is 0 Å². The van der Waals surface area contributed by atoms with Crippen LogP contribution in [0.5, 0.6) is 0 Å². The normalized spacial score (nSPS) is 17.1. The van der Waals surface area contributed by atoms with Crippen molar-refractivity contribution in [3.8, 4) is 0 Å². The highest BCUT2D eigenvalue weighted by molar-refractivity contribution is 7.87. The molecule has 0 unspecified atom stereocenters. The third kappa shape index (κ3) is 3.90. The average Bonchev–Trinajstić information content (AvgIpc) is 2.78. The van der Waals surface area contributed by atoms with Crippen LogP contribution in [0.25, 0.3) is 5.70 Å². The molecule has 0 radical (unpaired) electrons. The molecule has 1 aromatic rings. The lowest BCUT2D eigenvalue weighted by Gasteiger charge is -2.21. The Labute approximate surface area is 132 Å². The first-order chi connectivity index (χ1) is 10.4. The summed E-state index contributed by atoms with van der Waals surface area (Å²) in [6.07, 6.45) is -0.0506. The lowest BCUT2D eigenvalue weighted by Crippen LogP contribution is -2.26. The van der Waals surface area contributed by atoms with Gasteiger partial charge in [0.2, 0.25) is 0 Å². The van der Waals surface area contributed by atoms with E-state index in [0.717, 1.165) is 0 Å². The second-order valence-electron chi connectivity index (χ2n) is 6.21. The molecule has 0 saturated heterocycles. The lowest BCUT2D eigenvalue weighted by atomic mass is 9.90. The molecule has 126 valence electrons. The van der Waals surface area contributed by atoms with E-state index in [1.54, 1.807) is 45.0 Å². The van der Waals surface area contributed by atoms with Gasteiger partial charge in [0, 0.05) is 12.0 Å². The molecule has 0 spiro atoms. The van der Waals surface area contributed by atoms with Crippen LogP contribution in [0, 0.1) is 5.41 Å². The molecule has 1 aromatic carbocycles. The molecular formula is C14H15F3N2O3S. The first kappa shape index (κ1) is 17.5. The average molecular weight is 348 g/mol. The number of alkyl halides is 3. The first-order valence-corrected chi connectivity index (χ1v) is 8.07. The van der Waals surface area contributed by atoms with E-state index in [1.165, 1.54) is 0 Å². The molecule has 1 aliphatic heterocycles. The fourth-order valence-electron chi connectivity index (χ4n) is 1.94. The molecule has 0 bridgehead atoms. The minimum Gasteiger partial charge on any atom is -0.378 e. The van der Waals surface area contributed by atoms with E-state index in [0.29, 0.717) is 11.3 Å². The molecule has 0 aromatic heterocycles. The van der Waals surface area contributed by atoms with Gasteiger partial charge >= 0.3 is 15.6 Å². The summed E-state index contributed by atoms with van der Waals surface area (Å²) in [6, 6.07) is 6.56. The van der Waals surface area contributed by atoms with Gasteiger partial charge in [-0.1, -0.05) is 39.0 Å². The number of rotatable bonds is 3. The van der Waals surface area contributed by atoms with Gasteiger partial charge in [0.25, 0.3) is 0 Å². The third-order valence-corrected chi connectivity index (χ3v) is 3.85. The second kappa shape index (κ2) is 5.63. The van der Waals surface area contributed by atoms with Crippen LogP contribution in [-0.4, -0.2) is 13.9 Å². The molecule has 0 aliphatic carbocycles. The third-order valence-electron chi connectivity index (χ3n) is 2.87. The smallest absolute Gasteiger partial charge is 0.378 e. The van der Waals surface area contributed by atoms with Crippen molar-refractivity contribution in [1.29, 1.82) is 0 Å². The van der Waals surface area contributed by atoms with Crippen LogP contribution in [-0.2, 0) is 14.3 Å². The molecule has 0 fully saturated rings. The van der Waals surface area contributed by atoms with Gasteiger partial charge in [-0.3, -0.25) is 0 Å².